The Kier molecular flexibility index (Phi) is 4.45. The Hall–Kier alpha value is -0.810. The molecule has 2 rings (SSSR count). The van der Waals surface area contributed by atoms with Crippen molar-refractivity contribution in [3.63, 3.8) is 0 Å². The maximum atomic E-state index is 6.08. The van der Waals surface area contributed by atoms with Gasteiger partial charge >= 0.3 is 0 Å². The molecule has 4 N–H and O–H groups in total. The number of halogens is 1. The lowest BCUT2D eigenvalue weighted by Gasteiger charge is -2.22. The molecular weight excluding hydrogens is 250 g/mol. The van der Waals surface area contributed by atoms with Crippen LogP contribution in [0.4, 0.5) is 0 Å². The standard InChI is InChI=1S/C13H20ClN3O/c1-8-10(5-6-15)13(17-16-8)11-7-9(14)3-4-12(11)18-2/h3-4,7-8,10,13,16-17H,5-6,15H2,1-2H3. The second-order valence-corrected chi connectivity index (χ2v) is 5.12. The van der Waals surface area contributed by atoms with Crippen molar-refractivity contribution >= 4 is 11.6 Å². The first-order valence-corrected chi connectivity index (χ1v) is 6.59. The predicted octanol–water partition coefficient (Wildman–Crippen LogP) is 1.85. The minimum absolute atomic E-state index is 0.178. The Labute approximate surface area is 113 Å². The molecule has 0 radical (unpaired) electrons. The lowest BCUT2D eigenvalue weighted by atomic mass is 9.87. The van der Waals surface area contributed by atoms with Crippen LogP contribution in [0.3, 0.4) is 0 Å². The summed E-state index contributed by atoms with van der Waals surface area (Å²) in [5.41, 5.74) is 13.4. The van der Waals surface area contributed by atoms with Gasteiger partial charge in [0.15, 0.2) is 0 Å². The first kappa shape index (κ1) is 13.6. The van der Waals surface area contributed by atoms with Gasteiger partial charge in [0.2, 0.25) is 0 Å². The molecule has 3 atom stereocenters. The number of ether oxygens (including phenoxy) is 1. The SMILES string of the molecule is COc1ccc(Cl)cc1C1NNC(C)C1CCN. The van der Waals surface area contributed by atoms with Gasteiger partial charge in [-0.1, -0.05) is 11.6 Å². The average molecular weight is 270 g/mol. The molecule has 0 spiro atoms. The molecule has 0 aromatic heterocycles. The van der Waals surface area contributed by atoms with Crippen molar-refractivity contribution < 1.29 is 4.74 Å². The van der Waals surface area contributed by atoms with Gasteiger partial charge in [0.1, 0.15) is 5.75 Å². The summed E-state index contributed by atoms with van der Waals surface area (Å²) in [4.78, 5) is 0. The van der Waals surface area contributed by atoms with E-state index < -0.39 is 0 Å². The van der Waals surface area contributed by atoms with Gasteiger partial charge in [-0.05, 0) is 44.0 Å². The van der Waals surface area contributed by atoms with E-state index in [0.29, 0.717) is 18.5 Å². The van der Waals surface area contributed by atoms with Gasteiger partial charge in [0.05, 0.1) is 13.2 Å². The Balaban J connectivity index is 2.32. The molecule has 0 saturated carbocycles. The Morgan fingerprint density at radius 3 is 2.83 bits per heavy atom. The molecule has 1 aliphatic rings. The van der Waals surface area contributed by atoms with Crippen LogP contribution in [0.25, 0.3) is 0 Å². The van der Waals surface area contributed by atoms with E-state index in [4.69, 9.17) is 22.1 Å². The van der Waals surface area contributed by atoms with Gasteiger partial charge in [-0.15, -0.1) is 0 Å². The quantitative estimate of drug-likeness (QED) is 0.781. The van der Waals surface area contributed by atoms with Crippen molar-refractivity contribution in [3.8, 4) is 5.75 Å². The van der Waals surface area contributed by atoms with E-state index in [0.717, 1.165) is 22.8 Å². The first-order chi connectivity index (χ1) is 8.67. The summed E-state index contributed by atoms with van der Waals surface area (Å²) >= 11 is 6.08. The lowest BCUT2D eigenvalue weighted by Crippen LogP contribution is -2.29. The number of benzene rings is 1. The van der Waals surface area contributed by atoms with Crippen LogP contribution in [0.15, 0.2) is 18.2 Å². The molecule has 18 heavy (non-hydrogen) atoms. The molecule has 0 bridgehead atoms. The zero-order valence-electron chi connectivity index (χ0n) is 10.7. The number of nitrogens with one attached hydrogen (secondary N) is 2. The Bertz CT molecular complexity index is 413. The van der Waals surface area contributed by atoms with Crippen LogP contribution in [-0.2, 0) is 0 Å². The molecule has 1 saturated heterocycles. The minimum Gasteiger partial charge on any atom is -0.496 e. The summed E-state index contributed by atoms with van der Waals surface area (Å²) in [7, 11) is 1.68. The molecule has 0 amide bonds. The molecule has 1 aromatic carbocycles. The third-order valence-corrected chi connectivity index (χ3v) is 3.80. The van der Waals surface area contributed by atoms with Crippen molar-refractivity contribution in [2.75, 3.05) is 13.7 Å². The van der Waals surface area contributed by atoms with Crippen molar-refractivity contribution in [2.24, 2.45) is 11.7 Å². The molecule has 3 unspecified atom stereocenters. The molecule has 1 heterocycles. The van der Waals surface area contributed by atoms with Crippen LogP contribution in [0, 0.1) is 5.92 Å². The van der Waals surface area contributed by atoms with E-state index in [9.17, 15) is 0 Å². The summed E-state index contributed by atoms with van der Waals surface area (Å²) in [5.74, 6) is 1.29. The maximum Gasteiger partial charge on any atom is 0.123 e. The monoisotopic (exact) mass is 269 g/mol. The highest BCUT2D eigenvalue weighted by molar-refractivity contribution is 6.30. The predicted molar refractivity (Wildman–Crippen MR) is 73.6 cm³/mol. The van der Waals surface area contributed by atoms with E-state index in [1.54, 1.807) is 7.11 Å². The number of hydrogen-bond acceptors (Lipinski definition) is 4. The molecule has 100 valence electrons. The third kappa shape index (κ3) is 2.62. The fourth-order valence-electron chi connectivity index (χ4n) is 2.59. The third-order valence-electron chi connectivity index (χ3n) is 3.56. The summed E-state index contributed by atoms with van der Waals surface area (Å²) in [5, 5.41) is 0.721. The van der Waals surface area contributed by atoms with E-state index in [1.165, 1.54) is 0 Å². The fraction of sp³-hybridized carbons (Fsp3) is 0.538. The average Bonchev–Trinajstić information content (AvgIpc) is 2.72. The van der Waals surface area contributed by atoms with E-state index in [2.05, 4.69) is 17.8 Å². The van der Waals surface area contributed by atoms with Crippen LogP contribution in [0.5, 0.6) is 5.75 Å². The van der Waals surface area contributed by atoms with Gasteiger partial charge in [-0.3, -0.25) is 5.43 Å². The minimum atomic E-state index is 0.178. The maximum absolute atomic E-state index is 6.08. The topological polar surface area (TPSA) is 59.3 Å². The summed E-state index contributed by atoms with van der Waals surface area (Å²) in [6.45, 7) is 2.84. The van der Waals surface area contributed by atoms with Crippen molar-refractivity contribution in [2.45, 2.75) is 25.4 Å². The van der Waals surface area contributed by atoms with Gasteiger partial charge in [-0.25, -0.2) is 5.43 Å². The van der Waals surface area contributed by atoms with Crippen LogP contribution in [-0.4, -0.2) is 19.7 Å². The van der Waals surface area contributed by atoms with E-state index in [1.807, 2.05) is 18.2 Å². The van der Waals surface area contributed by atoms with E-state index in [-0.39, 0.29) is 6.04 Å². The number of hydrazine groups is 1. The van der Waals surface area contributed by atoms with E-state index >= 15 is 0 Å². The molecule has 4 nitrogen and oxygen atoms in total. The highest BCUT2D eigenvalue weighted by atomic mass is 35.5. The first-order valence-electron chi connectivity index (χ1n) is 6.22. The molecule has 1 fully saturated rings. The van der Waals surface area contributed by atoms with Crippen molar-refractivity contribution in [1.82, 2.24) is 10.9 Å². The zero-order valence-corrected chi connectivity index (χ0v) is 11.5. The number of nitrogens with two attached hydrogens (primary N) is 1. The van der Waals surface area contributed by atoms with Crippen LogP contribution < -0.4 is 21.3 Å². The molecule has 1 aliphatic heterocycles. The van der Waals surface area contributed by atoms with Gasteiger partial charge < -0.3 is 10.5 Å². The number of hydrogen-bond donors (Lipinski definition) is 3. The van der Waals surface area contributed by atoms with Gasteiger partial charge in [0.25, 0.3) is 0 Å². The van der Waals surface area contributed by atoms with Crippen LogP contribution in [0.1, 0.15) is 24.9 Å². The van der Waals surface area contributed by atoms with Gasteiger partial charge in [-0.2, -0.15) is 0 Å². The Morgan fingerprint density at radius 1 is 1.39 bits per heavy atom. The highest BCUT2D eigenvalue weighted by Gasteiger charge is 2.34. The Morgan fingerprint density at radius 2 is 2.17 bits per heavy atom. The normalized spacial score (nSPS) is 27.4. The molecule has 0 aliphatic carbocycles. The largest absolute Gasteiger partial charge is 0.496 e. The van der Waals surface area contributed by atoms with Crippen LogP contribution in [0.2, 0.25) is 5.02 Å². The summed E-state index contributed by atoms with van der Waals surface area (Å²) < 4.78 is 5.42. The van der Waals surface area contributed by atoms with Gasteiger partial charge in [0, 0.05) is 16.6 Å². The second-order valence-electron chi connectivity index (χ2n) is 4.68. The van der Waals surface area contributed by atoms with Crippen LogP contribution >= 0.6 is 11.6 Å². The number of rotatable bonds is 4. The second kappa shape index (κ2) is 5.89. The fourth-order valence-corrected chi connectivity index (χ4v) is 2.77. The smallest absolute Gasteiger partial charge is 0.123 e. The zero-order chi connectivity index (χ0) is 13.1. The van der Waals surface area contributed by atoms with Crippen molar-refractivity contribution in [3.05, 3.63) is 28.8 Å². The summed E-state index contributed by atoms with van der Waals surface area (Å²) in [6, 6.07) is 6.26. The summed E-state index contributed by atoms with van der Waals surface area (Å²) in [6.07, 6.45) is 0.960. The van der Waals surface area contributed by atoms with Crippen molar-refractivity contribution in [1.29, 1.82) is 0 Å². The number of methoxy groups -OCH3 is 1. The molecule has 1 aromatic rings. The highest BCUT2D eigenvalue weighted by Crippen LogP contribution is 2.37. The molecular formula is C13H20ClN3O. The molecule has 5 heteroatoms. The lowest BCUT2D eigenvalue weighted by molar-refractivity contribution is 0.375.